The summed E-state index contributed by atoms with van der Waals surface area (Å²) in [6, 6.07) is 3.69. The molecule has 8 atom stereocenters. The molecule has 0 radical (unpaired) electrons. The molecular weight excluding hydrogens is 1100 g/mol. The fraction of sp³-hybridized carbons (Fsp3) is 0.583. The van der Waals surface area contributed by atoms with Gasteiger partial charge in [0.15, 0.2) is 0 Å². The minimum atomic E-state index is -1.70. The van der Waals surface area contributed by atoms with E-state index in [1.807, 2.05) is 24.3 Å². The van der Waals surface area contributed by atoms with Gasteiger partial charge >= 0.3 is 5.97 Å². The third-order valence-corrected chi connectivity index (χ3v) is 14.5. The molecule has 1 aromatic heterocycles. The van der Waals surface area contributed by atoms with Crippen molar-refractivity contribution < 1.29 is 63.0 Å². The number of nitrogens with one attached hydrogen (secondary N) is 10. The molecule has 470 valence electrons. The SMILES string of the molecule is CCCCCCCCCCCCCC(=O)N[C@@H](Cc1c[nH]c2ccccc12)C(=O)NCC(=O)NCC(=O)N[C@H](C(=O)N[C@@H](C)C(=O)N[C@@H](CCCCN)C(=O)N[C@@H](CC(N)=O)C(=O)N[C@@H](Cc1ccc(O)cc1)C(=O)N[C@@H](C)C(=O)O)[C@@H](C)CC. The highest BCUT2D eigenvalue weighted by Crippen LogP contribution is 2.20. The Balaban J connectivity index is 1.62. The average Bonchev–Trinajstić information content (AvgIpc) is 4.13. The molecule has 0 spiro atoms. The number of hydrogen-bond donors (Lipinski definition) is 14. The number of fused-ring (bicyclic) bond motifs is 1. The summed E-state index contributed by atoms with van der Waals surface area (Å²) >= 11 is 0. The number of carbonyl (C=O) groups is 11. The first-order valence-corrected chi connectivity index (χ1v) is 29.8. The van der Waals surface area contributed by atoms with E-state index in [9.17, 15) is 63.0 Å². The zero-order chi connectivity index (χ0) is 62.8. The monoisotopic (exact) mass is 1190 g/mol. The molecule has 0 bridgehead atoms. The van der Waals surface area contributed by atoms with E-state index >= 15 is 0 Å². The van der Waals surface area contributed by atoms with Gasteiger partial charge in [0.1, 0.15) is 48.0 Å². The Morgan fingerprint density at radius 3 is 1.73 bits per heavy atom. The Kier molecular flexibility index (Phi) is 32.4. The molecule has 16 N–H and O–H groups in total. The number of carboxylic acid groups (broad SMARTS) is 1. The molecule has 2 aromatic carbocycles. The highest BCUT2D eigenvalue weighted by Gasteiger charge is 2.34. The zero-order valence-corrected chi connectivity index (χ0v) is 49.9. The Labute approximate surface area is 497 Å². The van der Waals surface area contributed by atoms with Gasteiger partial charge in [0.25, 0.3) is 0 Å². The van der Waals surface area contributed by atoms with Gasteiger partial charge in [-0.2, -0.15) is 0 Å². The Morgan fingerprint density at radius 1 is 0.541 bits per heavy atom. The quantitative estimate of drug-likeness (QED) is 0.0362. The molecule has 0 unspecified atom stereocenters. The van der Waals surface area contributed by atoms with Crippen LogP contribution in [0.15, 0.2) is 54.7 Å². The van der Waals surface area contributed by atoms with Crippen molar-refractivity contribution in [1.29, 1.82) is 0 Å². The summed E-state index contributed by atoms with van der Waals surface area (Å²) in [5.41, 5.74) is 13.3. The topological polar surface area (TPSA) is 404 Å². The predicted molar refractivity (Wildman–Crippen MR) is 320 cm³/mol. The smallest absolute Gasteiger partial charge is 0.325 e. The number of phenols is 1. The van der Waals surface area contributed by atoms with Crippen molar-refractivity contribution in [3.8, 4) is 5.75 Å². The fourth-order valence-electron chi connectivity index (χ4n) is 9.24. The summed E-state index contributed by atoms with van der Waals surface area (Å²) in [7, 11) is 0. The van der Waals surface area contributed by atoms with Crippen molar-refractivity contribution in [3.63, 3.8) is 0 Å². The van der Waals surface area contributed by atoms with Crippen LogP contribution in [-0.2, 0) is 65.6 Å². The number of nitrogens with two attached hydrogens (primary N) is 2. The van der Waals surface area contributed by atoms with Crippen molar-refractivity contribution in [2.45, 2.75) is 199 Å². The molecule has 85 heavy (non-hydrogen) atoms. The first kappa shape index (κ1) is 71.2. The van der Waals surface area contributed by atoms with E-state index in [1.165, 1.54) is 83.1 Å². The number of primary amides is 1. The van der Waals surface area contributed by atoms with E-state index in [0.29, 0.717) is 31.2 Å². The highest BCUT2D eigenvalue weighted by molar-refractivity contribution is 5.99. The summed E-state index contributed by atoms with van der Waals surface area (Å²) in [6.07, 6.45) is 14.7. The largest absolute Gasteiger partial charge is 0.508 e. The predicted octanol–water partition coefficient (Wildman–Crippen LogP) is 2.16. The second-order valence-electron chi connectivity index (χ2n) is 21.7. The second-order valence-corrected chi connectivity index (χ2v) is 21.7. The maximum Gasteiger partial charge on any atom is 0.325 e. The van der Waals surface area contributed by atoms with Crippen LogP contribution in [-0.4, -0.2) is 142 Å². The number of aliphatic carboxylic acids is 1. The van der Waals surface area contributed by atoms with Crippen molar-refractivity contribution in [1.82, 2.24) is 52.8 Å². The first-order valence-electron chi connectivity index (χ1n) is 29.8. The molecule has 0 aliphatic carbocycles. The maximum atomic E-state index is 13.9. The molecule has 0 fully saturated rings. The van der Waals surface area contributed by atoms with E-state index < -0.39 is 127 Å². The van der Waals surface area contributed by atoms with Crippen molar-refractivity contribution >= 4 is 75.9 Å². The van der Waals surface area contributed by atoms with Crippen LogP contribution in [0, 0.1) is 5.92 Å². The molecule has 3 rings (SSSR count). The summed E-state index contributed by atoms with van der Waals surface area (Å²) < 4.78 is 0. The number of aromatic nitrogens is 1. The number of unbranched alkanes of at least 4 members (excludes halogenated alkanes) is 11. The van der Waals surface area contributed by atoms with E-state index in [-0.39, 0.29) is 43.9 Å². The van der Waals surface area contributed by atoms with Crippen LogP contribution in [0.2, 0.25) is 0 Å². The van der Waals surface area contributed by atoms with E-state index in [2.05, 4.69) is 59.8 Å². The number of aromatic hydroxyl groups is 1. The molecule has 0 aliphatic heterocycles. The molecule has 25 heteroatoms. The van der Waals surface area contributed by atoms with Gasteiger partial charge in [-0.15, -0.1) is 0 Å². The van der Waals surface area contributed by atoms with Crippen LogP contribution < -0.4 is 59.3 Å². The van der Waals surface area contributed by atoms with Crippen LogP contribution in [0.4, 0.5) is 0 Å². The molecular formula is C60H92N12O13. The lowest BCUT2D eigenvalue weighted by Gasteiger charge is -2.27. The fourth-order valence-corrected chi connectivity index (χ4v) is 9.24. The molecule has 10 amide bonds. The Hall–Kier alpha value is -8.09. The number of carbonyl (C=O) groups excluding carboxylic acids is 10. The van der Waals surface area contributed by atoms with Crippen molar-refractivity contribution in [3.05, 3.63) is 65.9 Å². The highest BCUT2D eigenvalue weighted by atomic mass is 16.4. The molecule has 0 aliphatic rings. The molecule has 25 nitrogen and oxygen atoms in total. The first-order chi connectivity index (χ1) is 40.6. The van der Waals surface area contributed by atoms with Crippen LogP contribution in [0.3, 0.4) is 0 Å². The van der Waals surface area contributed by atoms with E-state index in [1.54, 1.807) is 20.0 Å². The number of para-hydroxylation sites is 1. The summed E-state index contributed by atoms with van der Waals surface area (Å²) in [5, 5.41) is 42.7. The number of carboxylic acids is 1. The third-order valence-electron chi connectivity index (χ3n) is 14.5. The van der Waals surface area contributed by atoms with Gasteiger partial charge in [-0.1, -0.05) is 122 Å². The number of H-pyrrole nitrogens is 1. The zero-order valence-electron chi connectivity index (χ0n) is 49.9. The second kappa shape index (κ2) is 38.7. The number of phenolic OH excluding ortho intramolecular Hbond substituents is 1. The number of rotatable bonds is 42. The van der Waals surface area contributed by atoms with E-state index in [4.69, 9.17) is 11.5 Å². The average molecular weight is 1190 g/mol. The minimum absolute atomic E-state index is 0.0259. The lowest BCUT2D eigenvalue weighted by atomic mass is 9.98. The van der Waals surface area contributed by atoms with Gasteiger partial charge in [0.05, 0.1) is 19.5 Å². The van der Waals surface area contributed by atoms with Crippen molar-refractivity contribution in [2.24, 2.45) is 17.4 Å². The third kappa shape index (κ3) is 27.0. The van der Waals surface area contributed by atoms with Gasteiger partial charge in [0, 0.05) is 36.4 Å². The molecule has 3 aromatic rings. The summed E-state index contributed by atoms with van der Waals surface area (Å²) in [5.74, 6) is -9.91. The Morgan fingerprint density at radius 2 is 1.11 bits per heavy atom. The van der Waals surface area contributed by atoms with Gasteiger partial charge in [0.2, 0.25) is 59.1 Å². The van der Waals surface area contributed by atoms with Gasteiger partial charge in [-0.25, -0.2) is 0 Å². The van der Waals surface area contributed by atoms with Gasteiger partial charge in [-0.05, 0) is 81.3 Å². The molecule has 0 saturated carbocycles. The van der Waals surface area contributed by atoms with Crippen LogP contribution >= 0.6 is 0 Å². The number of benzene rings is 2. The van der Waals surface area contributed by atoms with E-state index in [0.717, 1.165) is 35.7 Å². The van der Waals surface area contributed by atoms with Crippen LogP contribution in [0.5, 0.6) is 5.75 Å². The summed E-state index contributed by atoms with van der Waals surface area (Å²) in [4.78, 5) is 149. The van der Waals surface area contributed by atoms with Crippen LogP contribution in [0.25, 0.3) is 10.9 Å². The summed E-state index contributed by atoms with van der Waals surface area (Å²) in [6.45, 7) is 7.29. The molecule has 0 saturated heterocycles. The number of aromatic amines is 1. The normalized spacial score (nSPS) is 13.9. The van der Waals surface area contributed by atoms with Crippen molar-refractivity contribution in [2.75, 3.05) is 19.6 Å². The number of amides is 10. The minimum Gasteiger partial charge on any atom is -0.508 e. The lowest BCUT2D eigenvalue weighted by Crippen LogP contribution is -2.60. The van der Waals surface area contributed by atoms with Gasteiger partial charge < -0.3 is 74.5 Å². The molecule has 1 heterocycles. The van der Waals surface area contributed by atoms with Crippen LogP contribution in [0.1, 0.15) is 155 Å². The Bertz CT molecular complexity index is 2670. The lowest BCUT2D eigenvalue weighted by molar-refractivity contribution is -0.142. The van der Waals surface area contributed by atoms with Gasteiger partial charge in [-0.3, -0.25) is 52.7 Å². The standard InChI is InChI=1S/C60H92N12O13/c1-6-8-9-10-11-12-13-14-15-16-17-25-50(75)68-47(32-41-34-63-44-23-19-18-22-43(41)44)55(79)65-35-51(76)64-36-52(77)72-53(37(3)7-2)59(83)66-38(4)54(78)69-45(24-20-21-30-61)56(80)71-48(33-49(62)74)58(82)70-46(57(81)67-39(5)60(84)85)31-40-26-28-42(73)29-27-40/h18-19,22-23,26-29,34,37-39,45-48,53,63,73H,6-17,20-21,24-25,30-33,35-36,61H2,1-5H3,(H2,62,74)(H,64,76)(H,65,79)(H,66,83)(H,67,81)(H,68,75)(H,69,78)(H,70,82)(H,71,80)(H,72,77)(H,84,85)/t37-,38-,39-,45-,46-,47-,48-,53-/m0/s1. The number of hydrogen-bond acceptors (Lipinski definition) is 13. The maximum absolute atomic E-state index is 13.9.